The Morgan fingerprint density at radius 3 is 2.52 bits per heavy atom. The molecule has 0 aliphatic carbocycles. The van der Waals surface area contributed by atoms with Gasteiger partial charge in [-0.2, -0.15) is 4.31 Å². The van der Waals surface area contributed by atoms with Gasteiger partial charge in [0.2, 0.25) is 10.0 Å². The molecule has 2 N–H and O–H groups in total. The molecule has 1 heterocycles. The second-order valence-corrected chi connectivity index (χ2v) is 7.93. The molecule has 0 amide bonds. The molecule has 1 unspecified atom stereocenters. The number of anilines is 1. The number of sulfonamides is 1. The Hall–Kier alpha value is -1.11. The van der Waals surface area contributed by atoms with Crippen molar-refractivity contribution in [1.29, 1.82) is 0 Å². The molecule has 118 valence electrons. The van der Waals surface area contributed by atoms with Gasteiger partial charge in [-0.3, -0.25) is 0 Å². The number of benzene rings is 1. The first kappa shape index (κ1) is 16.3. The van der Waals surface area contributed by atoms with E-state index >= 15 is 0 Å². The van der Waals surface area contributed by atoms with Gasteiger partial charge in [-0.15, -0.1) is 0 Å². The number of hydrogen-bond donors (Lipinski definition) is 1. The Morgan fingerprint density at radius 2 is 1.90 bits per heavy atom. The summed E-state index contributed by atoms with van der Waals surface area (Å²) in [6.45, 7) is 7.99. The van der Waals surface area contributed by atoms with E-state index in [9.17, 15) is 8.42 Å². The van der Waals surface area contributed by atoms with E-state index in [0.717, 1.165) is 30.6 Å². The Morgan fingerprint density at radius 1 is 1.24 bits per heavy atom. The molecule has 1 aromatic carbocycles. The average molecular weight is 311 g/mol. The number of aryl methyl sites for hydroxylation is 1. The van der Waals surface area contributed by atoms with Crippen LogP contribution in [-0.2, 0) is 10.0 Å². The van der Waals surface area contributed by atoms with Crippen LogP contribution in [0.2, 0.25) is 0 Å². The molecule has 0 bridgehead atoms. The largest absolute Gasteiger partial charge is 0.398 e. The first-order valence-electron chi connectivity index (χ1n) is 7.30. The lowest BCUT2D eigenvalue weighted by molar-refractivity contribution is 0.290. The van der Waals surface area contributed by atoms with E-state index < -0.39 is 10.0 Å². The lowest BCUT2D eigenvalue weighted by Gasteiger charge is -2.27. The average Bonchev–Trinajstić information content (AvgIpc) is 2.56. The van der Waals surface area contributed by atoms with Gasteiger partial charge in [-0.05, 0) is 64.0 Å². The van der Waals surface area contributed by atoms with Gasteiger partial charge in [0.15, 0.2) is 0 Å². The second-order valence-electron chi connectivity index (χ2n) is 6.03. The Labute approximate surface area is 127 Å². The topological polar surface area (TPSA) is 66.6 Å². The quantitative estimate of drug-likeness (QED) is 0.843. The van der Waals surface area contributed by atoms with Gasteiger partial charge in [0.1, 0.15) is 0 Å². The summed E-state index contributed by atoms with van der Waals surface area (Å²) in [5, 5.41) is 0. The van der Waals surface area contributed by atoms with Crippen LogP contribution in [0.15, 0.2) is 17.0 Å². The van der Waals surface area contributed by atoms with Crippen LogP contribution in [0.5, 0.6) is 0 Å². The third-order valence-electron chi connectivity index (χ3n) is 4.27. The fourth-order valence-corrected chi connectivity index (χ4v) is 4.63. The Bertz CT molecular complexity index is 605. The fourth-order valence-electron chi connectivity index (χ4n) is 2.84. The van der Waals surface area contributed by atoms with Crippen LogP contribution < -0.4 is 5.73 Å². The third kappa shape index (κ3) is 3.22. The summed E-state index contributed by atoms with van der Waals surface area (Å²) < 4.78 is 27.5. The molecular formula is C15H25N3O2S. The van der Waals surface area contributed by atoms with E-state index in [1.807, 2.05) is 27.8 Å². The number of nitrogens with zero attached hydrogens (tertiary/aromatic N) is 2. The van der Waals surface area contributed by atoms with Crippen molar-refractivity contribution in [3.05, 3.63) is 23.3 Å². The third-order valence-corrected chi connectivity index (χ3v) is 6.26. The first-order chi connectivity index (χ1) is 9.73. The van der Waals surface area contributed by atoms with E-state index in [1.54, 1.807) is 16.4 Å². The highest BCUT2D eigenvalue weighted by Crippen LogP contribution is 2.26. The monoisotopic (exact) mass is 311 g/mol. The van der Waals surface area contributed by atoms with E-state index in [0.29, 0.717) is 17.1 Å². The minimum Gasteiger partial charge on any atom is -0.398 e. The van der Waals surface area contributed by atoms with Gasteiger partial charge >= 0.3 is 0 Å². The molecule has 5 nitrogen and oxygen atoms in total. The summed E-state index contributed by atoms with van der Waals surface area (Å²) in [7, 11) is -1.46. The van der Waals surface area contributed by atoms with Crippen LogP contribution in [0, 0.1) is 13.8 Å². The van der Waals surface area contributed by atoms with Crippen LogP contribution in [-0.4, -0.2) is 50.3 Å². The number of nitrogens with two attached hydrogens (primary N) is 1. The summed E-state index contributed by atoms with van der Waals surface area (Å²) in [4.78, 5) is 2.48. The highest BCUT2D eigenvalue weighted by atomic mass is 32.2. The molecule has 6 heteroatoms. The van der Waals surface area contributed by atoms with Crippen molar-refractivity contribution in [2.24, 2.45) is 0 Å². The number of hydrogen-bond acceptors (Lipinski definition) is 4. The maximum Gasteiger partial charge on any atom is 0.243 e. The molecular weight excluding hydrogens is 286 g/mol. The summed E-state index contributed by atoms with van der Waals surface area (Å²) in [5.74, 6) is 0. The minimum atomic E-state index is -3.49. The Balaban J connectivity index is 2.41. The van der Waals surface area contributed by atoms with E-state index in [4.69, 9.17) is 5.73 Å². The zero-order valence-corrected chi connectivity index (χ0v) is 14.1. The second kappa shape index (κ2) is 5.94. The first-order valence-corrected chi connectivity index (χ1v) is 8.74. The van der Waals surface area contributed by atoms with Crippen molar-refractivity contribution in [1.82, 2.24) is 9.21 Å². The summed E-state index contributed by atoms with van der Waals surface area (Å²) in [6, 6.07) is 3.27. The maximum absolute atomic E-state index is 12.9. The molecule has 0 radical (unpaired) electrons. The predicted octanol–water partition coefficient (Wildman–Crippen LogP) is 1.60. The van der Waals surface area contributed by atoms with E-state index in [1.165, 1.54) is 0 Å². The lowest BCUT2D eigenvalue weighted by Crippen LogP contribution is -2.41. The summed E-state index contributed by atoms with van der Waals surface area (Å²) in [6.07, 6.45) is 0.848. The highest BCUT2D eigenvalue weighted by molar-refractivity contribution is 7.89. The van der Waals surface area contributed by atoms with E-state index in [-0.39, 0.29) is 6.04 Å². The van der Waals surface area contributed by atoms with Crippen molar-refractivity contribution in [3.8, 4) is 0 Å². The predicted molar refractivity (Wildman–Crippen MR) is 85.8 cm³/mol. The molecule has 1 fully saturated rings. The summed E-state index contributed by atoms with van der Waals surface area (Å²) in [5.41, 5.74) is 8.33. The zero-order valence-electron chi connectivity index (χ0n) is 13.3. The van der Waals surface area contributed by atoms with Gasteiger partial charge < -0.3 is 10.6 Å². The molecule has 0 spiro atoms. The summed E-state index contributed by atoms with van der Waals surface area (Å²) >= 11 is 0. The van der Waals surface area contributed by atoms with Crippen LogP contribution in [0.25, 0.3) is 0 Å². The number of likely N-dealkylation sites (N-methyl/N-ethyl adjacent to an activating group) is 1. The van der Waals surface area contributed by atoms with Gasteiger partial charge in [0.25, 0.3) is 0 Å². The Kier molecular flexibility index (Phi) is 4.60. The van der Waals surface area contributed by atoms with Gasteiger partial charge in [-0.25, -0.2) is 8.42 Å². The van der Waals surface area contributed by atoms with E-state index in [2.05, 4.69) is 4.90 Å². The molecule has 1 atom stereocenters. The lowest BCUT2D eigenvalue weighted by atomic mass is 10.1. The number of rotatable bonds is 2. The van der Waals surface area contributed by atoms with Crippen LogP contribution >= 0.6 is 0 Å². The normalized spacial score (nSPS) is 22.2. The van der Waals surface area contributed by atoms with Crippen molar-refractivity contribution in [3.63, 3.8) is 0 Å². The standard InChI is InChI=1S/C15H25N3O2S/c1-11-8-14(9-15(16)13(11)3)21(19,20)18-7-5-6-17(4)10-12(18)2/h8-9,12H,5-7,10,16H2,1-4H3. The minimum absolute atomic E-state index is 0.0367. The van der Waals surface area contributed by atoms with Gasteiger partial charge in [0, 0.05) is 24.8 Å². The van der Waals surface area contributed by atoms with Crippen LogP contribution in [0.4, 0.5) is 5.69 Å². The van der Waals surface area contributed by atoms with Crippen molar-refractivity contribution >= 4 is 15.7 Å². The van der Waals surface area contributed by atoms with Crippen molar-refractivity contribution in [2.45, 2.75) is 38.1 Å². The molecule has 0 aromatic heterocycles. The molecule has 0 saturated carbocycles. The van der Waals surface area contributed by atoms with Gasteiger partial charge in [-0.1, -0.05) is 0 Å². The van der Waals surface area contributed by atoms with Crippen LogP contribution in [0.1, 0.15) is 24.5 Å². The van der Waals surface area contributed by atoms with Gasteiger partial charge in [0.05, 0.1) is 4.90 Å². The molecule has 1 aliphatic rings. The molecule has 1 aromatic rings. The molecule has 2 rings (SSSR count). The molecule has 1 aliphatic heterocycles. The molecule has 21 heavy (non-hydrogen) atoms. The number of nitrogen functional groups attached to an aromatic ring is 1. The van der Waals surface area contributed by atoms with Crippen LogP contribution in [0.3, 0.4) is 0 Å². The highest BCUT2D eigenvalue weighted by Gasteiger charge is 2.31. The zero-order chi connectivity index (χ0) is 15.8. The van der Waals surface area contributed by atoms with Crippen molar-refractivity contribution in [2.75, 3.05) is 32.4 Å². The SMILES string of the molecule is Cc1cc(S(=O)(=O)N2CCCN(C)CC2C)cc(N)c1C. The maximum atomic E-state index is 12.9. The smallest absolute Gasteiger partial charge is 0.243 e. The fraction of sp³-hybridized carbons (Fsp3) is 0.600. The van der Waals surface area contributed by atoms with Crippen molar-refractivity contribution < 1.29 is 8.42 Å². The molecule has 1 saturated heterocycles.